The van der Waals surface area contributed by atoms with Gasteiger partial charge in [-0.05, 0) is 26.1 Å². The lowest BCUT2D eigenvalue weighted by molar-refractivity contribution is -0.115. The lowest BCUT2D eigenvalue weighted by Crippen LogP contribution is -2.48. The van der Waals surface area contributed by atoms with Gasteiger partial charge in [-0.15, -0.1) is 11.3 Å². The van der Waals surface area contributed by atoms with Gasteiger partial charge >= 0.3 is 6.03 Å². The zero-order chi connectivity index (χ0) is 20.1. The van der Waals surface area contributed by atoms with Crippen LogP contribution in [0.3, 0.4) is 0 Å². The Hall–Kier alpha value is -2.78. The van der Waals surface area contributed by atoms with Crippen LogP contribution in [-0.2, 0) is 11.2 Å². The topological polar surface area (TPSA) is 94.6 Å². The molecule has 28 heavy (non-hydrogen) atoms. The third-order valence-corrected chi connectivity index (χ3v) is 5.26. The zero-order valence-electron chi connectivity index (χ0n) is 15.9. The van der Waals surface area contributed by atoms with E-state index >= 15 is 0 Å². The van der Waals surface area contributed by atoms with Crippen LogP contribution in [0.4, 0.5) is 15.6 Å². The van der Waals surface area contributed by atoms with Crippen LogP contribution in [0.5, 0.6) is 0 Å². The molecule has 0 unspecified atom stereocenters. The number of anilines is 2. The Morgan fingerprint density at radius 3 is 2.61 bits per heavy atom. The van der Waals surface area contributed by atoms with Crippen LogP contribution in [0, 0.1) is 0 Å². The van der Waals surface area contributed by atoms with Crippen molar-refractivity contribution in [1.82, 2.24) is 14.8 Å². The van der Waals surface area contributed by atoms with Crippen LogP contribution in [0.25, 0.3) is 0 Å². The first-order valence-electron chi connectivity index (χ1n) is 9.00. The van der Waals surface area contributed by atoms with Crippen molar-refractivity contribution in [2.45, 2.75) is 13.3 Å². The average molecular weight is 401 g/mol. The minimum Gasteiger partial charge on any atom is -0.326 e. The first kappa shape index (κ1) is 20.0. The first-order valence-corrected chi connectivity index (χ1v) is 9.88. The molecule has 1 aromatic carbocycles. The predicted molar refractivity (Wildman–Crippen MR) is 109 cm³/mol. The highest BCUT2D eigenvalue weighted by Crippen LogP contribution is 2.18. The molecule has 1 aliphatic rings. The average Bonchev–Trinajstić information content (AvgIpc) is 3.09. The molecule has 8 nitrogen and oxygen atoms in total. The molecule has 0 aliphatic carbocycles. The summed E-state index contributed by atoms with van der Waals surface area (Å²) in [4.78, 5) is 44.2. The third-order valence-electron chi connectivity index (χ3n) is 4.45. The minimum atomic E-state index is -0.233. The number of amides is 3. The molecule has 1 fully saturated rings. The van der Waals surface area contributed by atoms with Gasteiger partial charge in [0.15, 0.2) is 10.9 Å². The number of nitrogens with zero attached hydrogens (tertiary/aromatic N) is 3. The van der Waals surface area contributed by atoms with Gasteiger partial charge < -0.3 is 15.1 Å². The van der Waals surface area contributed by atoms with Crippen LogP contribution in [0.2, 0.25) is 0 Å². The van der Waals surface area contributed by atoms with Gasteiger partial charge in [0.1, 0.15) is 0 Å². The van der Waals surface area contributed by atoms with Crippen molar-refractivity contribution in [2.24, 2.45) is 0 Å². The second kappa shape index (κ2) is 8.94. The number of likely N-dealkylation sites (N-methyl/N-ethyl adjacent to an activating group) is 1. The molecular formula is C19H23N5O3S. The number of ketones is 1. The Balaban J connectivity index is 1.52. The molecule has 2 N–H and O–H groups in total. The SMILES string of the molecule is CC(=O)c1cccc(NC(=O)Cc2csc(NC(=O)N3CCN(C)CC3)n2)c1. The summed E-state index contributed by atoms with van der Waals surface area (Å²) in [5, 5.41) is 7.79. The standard InChI is InChI=1S/C19H23N5O3S/c1-13(25)14-4-3-5-15(10-14)20-17(26)11-16-12-28-18(21-16)22-19(27)24-8-6-23(2)7-9-24/h3-5,10,12H,6-9,11H2,1-2H3,(H,20,26)(H,21,22,27). The van der Waals surface area contributed by atoms with Gasteiger partial charge in [0.2, 0.25) is 5.91 Å². The Morgan fingerprint density at radius 2 is 1.89 bits per heavy atom. The normalized spacial score (nSPS) is 14.6. The monoisotopic (exact) mass is 401 g/mol. The van der Waals surface area contributed by atoms with Gasteiger partial charge in [-0.25, -0.2) is 9.78 Å². The summed E-state index contributed by atoms with van der Waals surface area (Å²) in [6.45, 7) is 4.54. The number of benzene rings is 1. The molecule has 1 saturated heterocycles. The molecule has 1 aromatic heterocycles. The van der Waals surface area contributed by atoms with Crippen LogP contribution < -0.4 is 10.6 Å². The van der Waals surface area contributed by atoms with Gasteiger partial charge in [-0.3, -0.25) is 14.9 Å². The summed E-state index contributed by atoms with van der Waals surface area (Å²) in [5.74, 6) is -0.292. The number of Topliss-reactive ketones (excluding diaryl/α,β-unsaturated/α-hetero) is 1. The molecular weight excluding hydrogens is 378 g/mol. The van der Waals surface area contributed by atoms with Crippen molar-refractivity contribution < 1.29 is 14.4 Å². The maximum atomic E-state index is 12.3. The Labute approximate surface area is 167 Å². The predicted octanol–water partition coefficient (Wildman–Crippen LogP) is 2.31. The van der Waals surface area contributed by atoms with Crippen molar-refractivity contribution in [3.8, 4) is 0 Å². The summed E-state index contributed by atoms with van der Waals surface area (Å²) in [7, 11) is 2.03. The molecule has 0 spiro atoms. The molecule has 9 heteroatoms. The molecule has 2 aromatic rings. The molecule has 3 rings (SSSR count). The molecule has 1 aliphatic heterocycles. The minimum absolute atomic E-state index is 0.0589. The van der Waals surface area contributed by atoms with E-state index in [-0.39, 0.29) is 24.1 Å². The highest BCUT2D eigenvalue weighted by molar-refractivity contribution is 7.13. The molecule has 148 valence electrons. The van der Waals surface area contributed by atoms with E-state index in [9.17, 15) is 14.4 Å². The highest BCUT2D eigenvalue weighted by Gasteiger charge is 2.20. The van der Waals surface area contributed by atoms with Gasteiger partial charge in [-0.2, -0.15) is 0 Å². The van der Waals surface area contributed by atoms with Gasteiger partial charge in [0.25, 0.3) is 0 Å². The smallest absolute Gasteiger partial charge is 0.323 e. The fourth-order valence-corrected chi connectivity index (χ4v) is 3.51. The lowest BCUT2D eigenvalue weighted by Gasteiger charge is -2.32. The molecule has 0 bridgehead atoms. The number of hydrogen-bond donors (Lipinski definition) is 2. The van der Waals surface area contributed by atoms with Gasteiger partial charge in [0.05, 0.1) is 12.1 Å². The van der Waals surface area contributed by atoms with E-state index in [0.717, 1.165) is 13.1 Å². The largest absolute Gasteiger partial charge is 0.326 e. The molecule has 0 radical (unpaired) electrons. The van der Waals surface area contributed by atoms with Crippen molar-refractivity contribution in [3.63, 3.8) is 0 Å². The Kier molecular flexibility index (Phi) is 6.37. The third kappa shape index (κ3) is 5.37. The summed E-state index contributed by atoms with van der Waals surface area (Å²) in [6.07, 6.45) is 0.0885. The number of piperazine rings is 1. The van der Waals surface area contributed by atoms with Crippen LogP contribution >= 0.6 is 11.3 Å². The summed E-state index contributed by atoms with van der Waals surface area (Å²) in [5.41, 5.74) is 1.69. The number of rotatable bonds is 5. The van der Waals surface area contributed by atoms with Gasteiger partial charge in [-0.1, -0.05) is 12.1 Å². The van der Waals surface area contributed by atoms with Crippen molar-refractivity contribution in [2.75, 3.05) is 43.9 Å². The Morgan fingerprint density at radius 1 is 1.14 bits per heavy atom. The molecule has 0 atom stereocenters. The first-order chi connectivity index (χ1) is 13.4. The number of thiazole rings is 1. The summed E-state index contributed by atoms with van der Waals surface area (Å²) >= 11 is 1.29. The fraction of sp³-hybridized carbons (Fsp3) is 0.368. The van der Waals surface area contributed by atoms with E-state index in [0.29, 0.717) is 35.2 Å². The van der Waals surface area contributed by atoms with Crippen molar-refractivity contribution in [3.05, 3.63) is 40.9 Å². The number of hydrogen-bond acceptors (Lipinski definition) is 6. The van der Waals surface area contributed by atoms with E-state index in [1.807, 2.05) is 7.05 Å². The summed E-state index contributed by atoms with van der Waals surface area (Å²) in [6, 6.07) is 6.63. The van der Waals surface area contributed by atoms with Gasteiger partial charge in [0, 0.05) is 42.8 Å². The van der Waals surface area contributed by atoms with E-state index < -0.39 is 0 Å². The second-order valence-corrected chi connectivity index (χ2v) is 7.58. The van der Waals surface area contributed by atoms with Crippen LogP contribution in [0.15, 0.2) is 29.6 Å². The molecule has 2 heterocycles. The van der Waals surface area contributed by atoms with E-state index in [1.54, 1.807) is 34.5 Å². The highest BCUT2D eigenvalue weighted by atomic mass is 32.1. The van der Waals surface area contributed by atoms with Crippen LogP contribution in [-0.4, -0.2) is 65.7 Å². The second-order valence-electron chi connectivity index (χ2n) is 6.73. The number of carbonyl (C=O) groups is 3. The quantitative estimate of drug-likeness (QED) is 0.750. The lowest BCUT2D eigenvalue weighted by atomic mass is 10.1. The van der Waals surface area contributed by atoms with E-state index in [2.05, 4.69) is 20.5 Å². The van der Waals surface area contributed by atoms with Crippen molar-refractivity contribution >= 4 is 39.9 Å². The fourth-order valence-electron chi connectivity index (χ4n) is 2.81. The van der Waals surface area contributed by atoms with Crippen molar-refractivity contribution in [1.29, 1.82) is 0 Å². The molecule has 3 amide bonds. The molecule has 0 saturated carbocycles. The Bertz CT molecular complexity index is 874. The number of urea groups is 1. The van der Waals surface area contributed by atoms with Crippen LogP contribution in [0.1, 0.15) is 23.0 Å². The van der Waals surface area contributed by atoms with E-state index in [4.69, 9.17) is 0 Å². The number of nitrogens with one attached hydrogen (secondary N) is 2. The number of aromatic nitrogens is 1. The summed E-state index contributed by atoms with van der Waals surface area (Å²) < 4.78 is 0. The maximum Gasteiger partial charge on any atom is 0.323 e. The van der Waals surface area contributed by atoms with E-state index in [1.165, 1.54) is 18.3 Å². The maximum absolute atomic E-state index is 12.3. The zero-order valence-corrected chi connectivity index (χ0v) is 16.7. The number of carbonyl (C=O) groups excluding carboxylic acids is 3.